The van der Waals surface area contributed by atoms with E-state index in [9.17, 15) is 18.3 Å². The van der Waals surface area contributed by atoms with E-state index in [1.54, 1.807) is 0 Å². The lowest BCUT2D eigenvalue weighted by molar-refractivity contribution is -0.145. The highest BCUT2D eigenvalue weighted by molar-refractivity contribution is 5.16. The highest BCUT2D eigenvalue weighted by atomic mass is 19.4. The van der Waals surface area contributed by atoms with E-state index in [0.29, 0.717) is 6.42 Å². The molecule has 0 heterocycles. The molecule has 0 aliphatic rings. The van der Waals surface area contributed by atoms with E-state index in [-0.39, 0.29) is 6.54 Å². The molecule has 0 aliphatic heterocycles. The van der Waals surface area contributed by atoms with Gasteiger partial charge in [-0.25, -0.2) is 0 Å². The highest BCUT2D eigenvalue weighted by Crippen LogP contribution is 2.16. The molecular formula is C13H19F3N2O. The Morgan fingerprint density at radius 1 is 1.26 bits per heavy atom. The van der Waals surface area contributed by atoms with Crippen molar-refractivity contribution < 1.29 is 18.3 Å². The number of likely N-dealkylation sites (N-methyl/N-ethyl adjacent to an activating group) is 1. The lowest BCUT2D eigenvalue weighted by Crippen LogP contribution is -2.45. The Morgan fingerprint density at radius 2 is 1.84 bits per heavy atom. The lowest BCUT2D eigenvalue weighted by atomic mass is 10.0. The van der Waals surface area contributed by atoms with E-state index in [4.69, 9.17) is 5.73 Å². The Labute approximate surface area is 110 Å². The van der Waals surface area contributed by atoms with Crippen molar-refractivity contribution in [3.8, 4) is 0 Å². The monoisotopic (exact) mass is 276 g/mol. The molecule has 2 unspecified atom stereocenters. The van der Waals surface area contributed by atoms with E-state index >= 15 is 0 Å². The number of aliphatic hydroxyl groups is 1. The fraction of sp³-hybridized carbons (Fsp3) is 0.538. The molecule has 1 rings (SSSR count). The number of benzene rings is 1. The van der Waals surface area contributed by atoms with Crippen molar-refractivity contribution in [2.75, 3.05) is 20.1 Å². The van der Waals surface area contributed by atoms with Crippen molar-refractivity contribution in [2.45, 2.75) is 24.7 Å². The molecule has 0 fully saturated rings. The first-order valence-corrected chi connectivity index (χ1v) is 6.01. The Kier molecular flexibility index (Phi) is 5.78. The Balaban J connectivity index is 2.42. The SMILES string of the molecule is CN(CC(O)C(N)Cc1ccccc1)CC(F)(F)F. The van der Waals surface area contributed by atoms with Gasteiger partial charge >= 0.3 is 6.18 Å². The highest BCUT2D eigenvalue weighted by Gasteiger charge is 2.30. The largest absolute Gasteiger partial charge is 0.401 e. The zero-order chi connectivity index (χ0) is 14.5. The minimum absolute atomic E-state index is 0.104. The molecule has 1 aromatic rings. The molecule has 3 N–H and O–H groups in total. The van der Waals surface area contributed by atoms with Crippen LogP contribution in [0.2, 0.25) is 0 Å². The molecule has 6 heteroatoms. The van der Waals surface area contributed by atoms with Gasteiger partial charge in [0.15, 0.2) is 0 Å². The second kappa shape index (κ2) is 6.88. The zero-order valence-electron chi connectivity index (χ0n) is 10.8. The maximum atomic E-state index is 12.1. The van der Waals surface area contributed by atoms with Crippen molar-refractivity contribution >= 4 is 0 Å². The molecule has 19 heavy (non-hydrogen) atoms. The van der Waals surface area contributed by atoms with Gasteiger partial charge in [-0.15, -0.1) is 0 Å². The first-order chi connectivity index (χ1) is 8.78. The zero-order valence-corrected chi connectivity index (χ0v) is 10.8. The number of alkyl halides is 3. The van der Waals surface area contributed by atoms with Crippen molar-refractivity contribution in [1.29, 1.82) is 0 Å². The van der Waals surface area contributed by atoms with Gasteiger partial charge in [0.05, 0.1) is 12.6 Å². The average molecular weight is 276 g/mol. The van der Waals surface area contributed by atoms with Crippen LogP contribution in [0.25, 0.3) is 0 Å². The van der Waals surface area contributed by atoms with Gasteiger partial charge in [-0.3, -0.25) is 4.90 Å². The third kappa shape index (κ3) is 6.56. The van der Waals surface area contributed by atoms with Gasteiger partial charge in [0.25, 0.3) is 0 Å². The number of halogens is 3. The lowest BCUT2D eigenvalue weighted by Gasteiger charge is -2.25. The van der Waals surface area contributed by atoms with Crippen molar-refractivity contribution in [1.82, 2.24) is 4.90 Å². The van der Waals surface area contributed by atoms with Gasteiger partial charge in [0, 0.05) is 12.6 Å². The normalized spacial score (nSPS) is 15.5. The van der Waals surface area contributed by atoms with Crippen LogP contribution in [0.3, 0.4) is 0 Å². The third-order valence-corrected chi connectivity index (χ3v) is 2.76. The van der Waals surface area contributed by atoms with Crippen molar-refractivity contribution in [2.24, 2.45) is 5.73 Å². The van der Waals surface area contributed by atoms with Crippen LogP contribution in [0.15, 0.2) is 30.3 Å². The van der Waals surface area contributed by atoms with Gasteiger partial charge in [-0.1, -0.05) is 30.3 Å². The summed E-state index contributed by atoms with van der Waals surface area (Å²) < 4.78 is 36.4. The Hall–Kier alpha value is -1.11. The van der Waals surface area contributed by atoms with Gasteiger partial charge < -0.3 is 10.8 Å². The summed E-state index contributed by atoms with van der Waals surface area (Å²) in [5.41, 5.74) is 6.75. The minimum atomic E-state index is -4.27. The fourth-order valence-electron chi connectivity index (χ4n) is 1.85. The number of rotatable bonds is 6. The van der Waals surface area contributed by atoms with Crippen LogP contribution >= 0.6 is 0 Å². The Bertz CT molecular complexity index is 370. The number of hydrogen-bond donors (Lipinski definition) is 2. The average Bonchev–Trinajstić information content (AvgIpc) is 2.27. The standard InChI is InChI=1S/C13H19F3N2O/c1-18(9-13(14,15)16)8-12(19)11(17)7-10-5-3-2-4-6-10/h2-6,11-12,19H,7-9,17H2,1H3. The summed E-state index contributed by atoms with van der Waals surface area (Å²) >= 11 is 0. The first kappa shape index (κ1) is 15.9. The predicted molar refractivity (Wildman–Crippen MR) is 67.7 cm³/mol. The van der Waals surface area contributed by atoms with Gasteiger partial charge in [0.2, 0.25) is 0 Å². The van der Waals surface area contributed by atoms with Crippen LogP contribution in [-0.2, 0) is 6.42 Å². The smallest absolute Gasteiger partial charge is 0.390 e. The molecule has 0 saturated heterocycles. The van der Waals surface area contributed by atoms with Gasteiger partial charge in [0.1, 0.15) is 0 Å². The molecule has 1 aromatic carbocycles. The van der Waals surface area contributed by atoms with E-state index in [1.807, 2.05) is 30.3 Å². The maximum absolute atomic E-state index is 12.1. The second-order valence-electron chi connectivity index (χ2n) is 4.73. The van der Waals surface area contributed by atoms with Crippen molar-refractivity contribution in [3.05, 3.63) is 35.9 Å². The quantitative estimate of drug-likeness (QED) is 0.826. The summed E-state index contributed by atoms with van der Waals surface area (Å²) in [6, 6.07) is 8.72. The summed E-state index contributed by atoms with van der Waals surface area (Å²) in [5.74, 6) is 0. The maximum Gasteiger partial charge on any atom is 0.401 e. The van der Waals surface area contributed by atoms with Gasteiger partial charge in [-0.05, 0) is 19.0 Å². The molecule has 2 atom stereocenters. The van der Waals surface area contributed by atoms with Crippen LogP contribution in [0.4, 0.5) is 13.2 Å². The molecule has 0 spiro atoms. The first-order valence-electron chi connectivity index (χ1n) is 6.01. The number of hydrogen-bond acceptors (Lipinski definition) is 3. The molecule has 0 bridgehead atoms. The van der Waals surface area contributed by atoms with E-state index in [2.05, 4.69) is 0 Å². The Morgan fingerprint density at radius 3 is 2.37 bits per heavy atom. The number of nitrogens with two attached hydrogens (primary N) is 1. The van der Waals surface area contributed by atoms with Crippen LogP contribution in [0.5, 0.6) is 0 Å². The molecule has 3 nitrogen and oxygen atoms in total. The van der Waals surface area contributed by atoms with E-state index < -0.39 is 24.9 Å². The van der Waals surface area contributed by atoms with Gasteiger partial charge in [-0.2, -0.15) is 13.2 Å². The summed E-state index contributed by atoms with van der Waals surface area (Å²) in [6.07, 6.45) is -4.83. The molecule has 0 saturated carbocycles. The molecular weight excluding hydrogens is 257 g/mol. The minimum Gasteiger partial charge on any atom is -0.390 e. The molecule has 0 aliphatic carbocycles. The topological polar surface area (TPSA) is 49.5 Å². The van der Waals surface area contributed by atoms with E-state index in [1.165, 1.54) is 7.05 Å². The second-order valence-corrected chi connectivity index (χ2v) is 4.73. The summed E-state index contributed by atoms with van der Waals surface area (Å²) in [5, 5.41) is 9.81. The van der Waals surface area contributed by atoms with Crippen molar-refractivity contribution in [3.63, 3.8) is 0 Å². The van der Waals surface area contributed by atoms with Crippen LogP contribution in [0.1, 0.15) is 5.56 Å². The van der Waals surface area contributed by atoms with Crippen LogP contribution < -0.4 is 5.73 Å². The summed E-state index contributed by atoms with van der Waals surface area (Å²) in [6.45, 7) is -1.16. The molecule has 0 radical (unpaired) electrons. The number of aliphatic hydroxyl groups excluding tert-OH is 1. The predicted octanol–water partition coefficient (Wildman–Crippen LogP) is 1.41. The summed E-state index contributed by atoms with van der Waals surface area (Å²) in [4.78, 5) is 1.02. The molecule has 0 aromatic heterocycles. The number of nitrogens with zero attached hydrogens (tertiary/aromatic N) is 1. The van der Waals surface area contributed by atoms with E-state index in [0.717, 1.165) is 10.5 Å². The molecule has 108 valence electrons. The third-order valence-electron chi connectivity index (χ3n) is 2.76. The molecule has 0 amide bonds. The van der Waals surface area contributed by atoms with Crippen LogP contribution in [-0.4, -0.2) is 48.5 Å². The summed E-state index contributed by atoms with van der Waals surface area (Å²) in [7, 11) is 1.31. The fourth-order valence-corrected chi connectivity index (χ4v) is 1.85. The van der Waals surface area contributed by atoms with Crippen LogP contribution in [0, 0.1) is 0 Å².